The predicted molar refractivity (Wildman–Crippen MR) is 176 cm³/mol. The van der Waals surface area contributed by atoms with E-state index in [1.165, 1.54) is 6.20 Å². The fourth-order valence-electron chi connectivity index (χ4n) is 6.57. The standard InChI is InChI=1S/C24BF20.C14H12N2O3/c26-5-1(6(27)14(35)21(42)13(5)34)25(2-7(28)15(36)22(43)16(37)8(2)29,3-9(30)17(38)23(44)18(39)10(3)31)4-11(32)19(40)24(45)20(41)12(4)33;17-13(8-14(18)19)12-10-16(7-6-15-12)9-11-4-2-1-3-5-11/h;1-7,10H,8-9H2/q-1;/p+1. The molecule has 6 rings (SSSR count). The Morgan fingerprint density at radius 2 is 0.734 bits per heavy atom. The SMILES string of the molecule is Fc1c(F)c(F)c([B-](c2c(F)c(F)c(F)c(F)c2F)(c2c(F)c(F)c(F)c(F)c2F)c2c(F)c(F)c(F)c(F)c2F)c(F)c1F.O=C(O)CC(=O)c1c[n+](Cc2ccccc2)ccn1. The molecular weight excluding hydrogens is 923 g/mol. The van der Waals surface area contributed by atoms with Crippen LogP contribution in [-0.2, 0) is 11.3 Å². The molecule has 5 nitrogen and oxygen atoms in total. The van der Waals surface area contributed by atoms with Crippen LogP contribution in [0.5, 0.6) is 0 Å². The first-order valence-corrected chi connectivity index (χ1v) is 16.7. The molecule has 1 heterocycles. The second-order valence-corrected chi connectivity index (χ2v) is 12.9. The zero-order chi connectivity index (χ0) is 48.0. The lowest BCUT2D eigenvalue weighted by Crippen LogP contribution is -2.81. The van der Waals surface area contributed by atoms with Crippen molar-refractivity contribution >= 4 is 39.7 Å². The van der Waals surface area contributed by atoms with Gasteiger partial charge in [0.15, 0.2) is 100 Å². The number of rotatable bonds is 9. The monoisotopic (exact) mass is 936 g/mol. The van der Waals surface area contributed by atoms with Gasteiger partial charge in [0.05, 0.1) is 6.20 Å². The van der Waals surface area contributed by atoms with E-state index in [1.807, 2.05) is 30.3 Å². The van der Waals surface area contributed by atoms with Crippen molar-refractivity contribution in [1.82, 2.24) is 4.98 Å². The van der Waals surface area contributed by atoms with E-state index in [2.05, 4.69) is 4.98 Å². The maximum absolute atomic E-state index is 15.4. The number of ketones is 1. The van der Waals surface area contributed by atoms with Gasteiger partial charge < -0.3 is 5.11 Å². The Morgan fingerprint density at radius 1 is 0.453 bits per heavy atom. The molecule has 0 atom stereocenters. The number of aromatic nitrogens is 2. The molecule has 0 aliphatic rings. The third-order valence-electron chi connectivity index (χ3n) is 9.27. The largest absolute Gasteiger partial charge is 0.481 e. The first-order chi connectivity index (χ1) is 29.8. The van der Waals surface area contributed by atoms with E-state index in [-0.39, 0.29) is 5.69 Å². The maximum atomic E-state index is 15.4. The van der Waals surface area contributed by atoms with Gasteiger partial charge in [0.25, 0.3) is 0 Å². The Balaban J connectivity index is 0.000000337. The van der Waals surface area contributed by atoms with E-state index >= 15 is 35.1 Å². The summed E-state index contributed by atoms with van der Waals surface area (Å²) in [6.45, 7) is 0.608. The van der Waals surface area contributed by atoms with Crippen LogP contribution >= 0.6 is 0 Å². The highest BCUT2D eigenvalue weighted by Crippen LogP contribution is 2.30. The predicted octanol–water partition coefficient (Wildman–Crippen LogP) is 6.92. The minimum Gasteiger partial charge on any atom is -0.481 e. The minimum absolute atomic E-state index is 0.167. The molecule has 1 aromatic heterocycles. The number of carboxylic acids is 1. The third kappa shape index (κ3) is 7.84. The summed E-state index contributed by atoms with van der Waals surface area (Å²) in [5.74, 6) is -73.0. The quantitative estimate of drug-likeness (QED) is 0.0326. The van der Waals surface area contributed by atoms with Gasteiger partial charge in [0.2, 0.25) is 0 Å². The lowest BCUT2D eigenvalue weighted by molar-refractivity contribution is -0.689. The average molecular weight is 936 g/mol. The van der Waals surface area contributed by atoms with Crippen LogP contribution in [-0.4, -0.2) is 28.0 Å². The van der Waals surface area contributed by atoms with Gasteiger partial charge in [0, 0.05) is 5.56 Å². The molecule has 0 saturated heterocycles. The fourth-order valence-corrected chi connectivity index (χ4v) is 6.57. The molecule has 26 heteroatoms. The van der Waals surface area contributed by atoms with Gasteiger partial charge >= 0.3 is 5.97 Å². The van der Waals surface area contributed by atoms with Crippen LogP contribution in [0.25, 0.3) is 0 Å². The van der Waals surface area contributed by atoms with E-state index in [4.69, 9.17) is 5.11 Å². The van der Waals surface area contributed by atoms with E-state index in [9.17, 15) is 62.3 Å². The molecule has 336 valence electrons. The van der Waals surface area contributed by atoms with Crippen molar-refractivity contribution in [1.29, 1.82) is 0 Å². The Labute approximate surface area is 341 Å². The molecule has 0 aliphatic carbocycles. The number of nitrogens with zero attached hydrogens (tertiary/aromatic N) is 2. The van der Waals surface area contributed by atoms with Gasteiger partial charge in [-0.2, -0.15) is 4.57 Å². The van der Waals surface area contributed by atoms with Crippen molar-refractivity contribution < 1.29 is 107 Å². The van der Waals surface area contributed by atoms with E-state index in [1.54, 1.807) is 17.0 Å². The number of carbonyl (C=O) groups excluding carboxylic acids is 1. The zero-order valence-corrected chi connectivity index (χ0v) is 30.3. The van der Waals surface area contributed by atoms with Crippen LogP contribution in [0.15, 0.2) is 48.9 Å². The summed E-state index contributed by atoms with van der Waals surface area (Å²) in [5, 5.41) is 8.59. The molecule has 0 bridgehead atoms. The van der Waals surface area contributed by atoms with Crippen molar-refractivity contribution in [2.45, 2.75) is 13.0 Å². The smallest absolute Gasteiger partial charge is 0.311 e. The molecule has 5 aromatic carbocycles. The Kier molecular flexibility index (Phi) is 13.5. The second kappa shape index (κ2) is 18.0. The summed E-state index contributed by atoms with van der Waals surface area (Å²) in [7, 11) is 0. The number of hydrogen-bond acceptors (Lipinski definition) is 3. The van der Waals surface area contributed by atoms with Crippen molar-refractivity contribution in [2.24, 2.45) is 0 Å². The van der Waals surface area contributed by atoms with Crippen LogP contribution in [0.1, 0.15) is 22.5 Å². The van der Waals surface area contributed by atoms with Crippen molar-refractivity contribution in [3.8, 4) is 0 Å². The van der Waals surface area contributed by atoms with E-state index < -0.39 is 163 Å². The highest BCUT2D eigenvalue weighted by Gasteiger charge is 2.52. The number of carboxylic acid groups (broad SMARTS) is 1. The molecule has 0 fully saturated rings. The van der Waals surface area contributed by atoms with E-state index in [0.29, 0.717) is 6.54 Å². The summed E-state index contributed by atoms with van der Waals surface area (Å²) >= 11 is 0. The Morgan fingerprint density at radius 3 is 1.02 bits per heavy atom. The van der Waals surface area contributed by atoms with Gasteiger partial charge in [-0.1, -0.05) is 30.3 Å². The van der Waals surface area contributed by atoms with E-state index in [0.717, 1.165) is 5.56 Å². The number of hydrogen-bond donors (Lipinski definition) is 1. The molecule has 0 spiro atoms. The molecule has 0 unspecified atom stereocenters. The highest BCUT2D eigenvalue weighted by atomic mass is 19.2. The number of Topliss-reactive ketones (excluding diaryl/α,β-unsaturated/α-hetero) is 1. The van der Waals surface area contributed by atoms with Crippen LogP contribution in [0, 0.1) is 116 Å². The fraction of sp³-hybridized carbons (Fsp3) is 0.0526. The van der Waals surface area contributed by atoms with Crippen LogP contribution in [0.2, 0.25) is 0 Å². The normalized spacial score (nSPS) is 11.4. The minimum atomic E-state index is -7.22. The van der Waals surface area contributed by atoms with Crippen LogP contribution < -0.4 is 26.4 Å². The molecule has 1 N–H and O–H groups in total. The molecule has 0 amide bonds. The highest BCUT2D eigenvalue weighted by molar-refractivity contribution is 7.20. The molecule has 64 heavy (non-hydrogen) atoms. The molecule has 0 aliphatic heterocycles. The lowest BCUT2D eigenvalue weighted by atomic mass is 9.12. The van der Waals surface area contributed by atoms with Crippen LogP contribution in [0.3, 0.4) is 0 Å². The van der Waals surface area contributed by atoms with Crippen molar-refractivity contribution in [2.75, 3.05) is 0 Å². The van der Waals surface area contributed by atoms with Gasteiger partial charge in [-0.15, -0.1) is 21.9 Å². The number of aliphatic carboxylic acids is 1. The first kappa shape index (κ1) is 48.0. The molecule has 6 aromatic rings. The summed E-state index contributed by atoms with van der Waals surface area (Å²) < 4.78 is 296. The second-order valence-electron chi connectivity index (χ2n) is 12.9. The van der Waals surface area contributed by atoms with Gasteiger partial charge in [-0.25, -0.2) is 92.8 Å². The van der Waals surface area contributed by atoms with Crippen molar-refractivity contribution in [3.63, 3.8) is 0 Å². The third-order valence-corrected chi connectivity index (χ3v) is 9.27. The van der Waals surface area contributed by atoms with Gasteiger partial charge in [-0.05, 0) is 0 Å². The topological polar surface area (TPSA) is 71.1 Å². The Hall–Kier alpha value is -7.02. The molecular formula is C38H13BF20N2O3. The van der Waals surface area contributed by atoms with Gasteiger partial charge in [-0.3, -0.25) is 9.59 Å². The number of halogens is 20. The Bertz CT molecular complexity index is 2520. The van der Waals surface area contributed by atoms with Crippen LogP contribution in [0.4, 0.5) is 87.8 Å². The molecule has 0 radical (unpaired) electrons. The summed E-state index contributed by atoms with van der Waals surface area (Å²) in [5.41, 5.74) is -13.1. The maximum Gasteiger partial charge on any atom is 0.311 e. The summed E-state index contributed by atoms with van der Waals surface area (Å²) in [6.07, 6.45) is -2.95. The number of benzene rings is 5. The summed E-state index contributed by atoms with van der Waals surface area (Å²) in [4.78, 5) is 26.0. The zero-order valence-electron chi connectivity index (χ0n) is 30.3. The lowest BCUT2D eigenvalue weighted by Gasteiger charge is -2.44. The van der Waals surface area contributed by atoms with Gasteiger partial charge in [0.1, 0.15) is 59.1 Å². The molecule has 0 saturated carbocycles. The average Bonchev–Trinajstić information content (AvgIpc) is 3.26. The van der Waals surface area contributed by atoms with Crippen molar-refractivity contribution in [3.05, 3.63) is 177 Å². The number of carbonyl (C=O) groups is 2. The first-order valence-electron chi connectivity index (χ1n) is 16.7. The summed E-state index contributed by atoms with van der Waals surface area (Å²) in [6, 6.07) is 9.77.